The Morgan fingerprint density at radius 1 is 1.56 bits per heavy atom. The van der Waals surface area contributed by atoms with Crippen LogP contribution in [0.5, 0.6) is 0 Å². The van der Waals surface area contributed by atoms with Gasteiger partial charge in [-0.2, -0.15) is 11.8 Å². The number of hydrogen-bond acceptors (Lipinski definition) is 5. The molecule has 5 heteroatoms. The summed E-state index contributed by atoms with van der Waals surface area (Å²) in [4.78, 5) is 4.40. The zero-order chi connectivity index (χ0) is 13.0. The van der Waals surface area contributed by atoms with E-state index in [-0.39, 0.29) is 0 Å². The van der Waals surface area contributed by atoms with E-state index >= 15 is 0 Å². The van der Waals surface area contributed by atoms with Gasteiger partial charge in [-0.1, -0.05) is 0 Å². The molecule has 18 heavy (non-hydrogen) atoms. The number of nitrogens with zero attached hydrogens (tertiary/aromatic N) is 1. The van der Waals surface area contributed by atoms with Crippen LogP contribution in [0.15, 0.2) is 23.7 Å². The van der Waals surface area contributed by atoms with Gasteiger partial charge in [-0.05, 0) is 36.3 Å². The Morgan fingerprint density at radius 2 is 2.39 bits per heavy atom. The number of hydrogen-bond donors (Lipinski definition) is 2. The Bertz CT molecular complexity index is 510. The number of pyridine rings is 1. The van der Waals surface area contributed by atoms with E-state index in [4.69, 9.17) is 0 Å². The van der Waals surface area contributed by atoms with E-state index in [1.807, 2.05) is 25.4 Å². The molecule has 2 aromatic rings. The third-order valence-corrected chi connectivity index (χ3v) is 4.41. The van der Waals surface area contributed by atoms with Crippen LogP contribution in [0.2, 0.25) is 0 Å². The molecule has 1 unspecified atom stereocenters. The molecule has 2 rings (SSSR count). The van der Waals surface area contributed by atoms with Gasteiger partial charge in [-0.15, -0.1) is 11.3 Å². The molecular weight excluding hydrogens is 264 g/mol. The lowest BCUT2D eigenvalue weighted by atomic mass is 10.1. The molecule has 0 aromatic carbocycles. The van der Waals surface area contributed by atoms with Crippen molar-refractivity contribution in [1.29, 1.82) is 0 Å². The highest BCUT2D eigenvalue weighted by atomic mass is 32.2. The SMILES string of the molecule is CSCC(C)(O)CNCc1cnc2ccsc2c1. The summed E-state index contributed by atoms with van der Waals surface area (Å²) in [7, 11) is 0. The Kier molecular flexibility index (Phi) is 4.61. The van der Waals surface area contributed by atoms with Gasteiger partial charge >= 0.3 is 0 Å². The highest BCUT2D eigenvalue weighted by Crippen LogP contribution is 2.19. The molecule has 0 saturated heterocycles. The van der Waals surface area contributed by atoms with Gasteiger partial charge in [-0.25, -0.2) is 0 Å². The zero-order valence-corrected chi connectivity index (χ0v) is 12.3. The maximum absolute atomic E-state index is 10.0. The van der Waals surface area contributed by atoms with Gasteiger partial charge in [0.05, 0.1) is 15.8 Å². The topological polar surface area (TPSA) is 45.1 Å². The normalized spacial score (nSPS) is 14.8. The van der Waals surface area contributed by atoms with Crippen molar-refractivity contribution in [3.8, 4) is 0 Å². The fourth-order valence-electron chi connectivity index (χ4n) is 1.82. The lowest BCUT2D eigenvalue weighted by molar-refractivity contribution is 0.0846. The predicted octanol–water partition coefficient (Wildman–Crippen LogP) is 2.50. The average molecular weight is 282 g/mol. The highest BCUT2D eigenvalue weighted by Gasteiger charge is 2.18. The smallest absolute Gasteiger partial charge is 0.0833 e. The van der Waals surface area contributed by atoms with E-state index in [9.17, 15) is 5.11 Å². The first-order chi connectivity index (χ1) is 8.61. The van der Waals surface area contributed by atoms with Crippen molar-refractivity contribution in [2.75, 3.05) is 18.6 Å². The summed E-state index contributed by atoms with van der Waals surface area (Å²) in [5, 5.41) is 15.4. The fraction of sp³-hybridized carbons (Fsp3) is 0.462. The van der Waals surface area contributed by atoms with Gasteiger partial charge in [0.1, 0.15) is 0 Å². The monoisotopic (exact) mass is 282 g/mol. The first-order valence-corrected chi connectivity index (χ1v) is 8.12. The van der Waals surface area contributed by atoms with Crippen LogP contribution in [-0.4, -0.2) is 34.2 Å². The molecule has 1 atom stereocenters. The third kappa shape index (κ3) is 3.68. The van der Waals surface area contributed by atoms with Crippen molar-refractivity contribution in [3.63, 3.8) is 0 Å². The molecule has 0 amide bonds. The number of rotatable bonds is 6. The Balaban J connectivity index is 1.90. The Labute approximate surface area is 116 Å². The summed E-state index contributed by atoms with van der Waals surface area (Å²) >= 11 is 3.36. The predicted molar refractivity (Wildman–Crippen MR) is 80.3 cm³/mol. The maximum Gasteiger partial charge on any atom is 0.0833 e. The molecule has 2 N–H and O–H groups in total. The second-order valence-electron chi connectivity index (χ2n) is 4.68. The molecule has 0 spiro atoms. The van der Waals surface area contributed by atoms with E-state index in [0.717, 1.165) is 23.4 Å². The first kappa shape index (κ1) is 13.8. The number of fused-ring (bicyclic) bond motifs is 1. The van der Waals surface area contributed by atoms with Crippen molar-refractivity contribution in [2.24, 2.45) is 0 Å². The lowest BCUT2D eigenvalue weighted by Gasteiger charge is -2.22. The molecule has 2 aromatic heterocycles. The third-order valence-electron chi connectivity index (χ3n) is 2.65. The minimum absolute atomic E-state index is 0.594. The maximum atomic E-state index is 10.0. The molecule has 0 saturated carbocycles. The van der Waals surface area contributed by atoms with Crippen LogP contribution in [-0.2, 0) is 6.54 Å². The van der Waals surface area contributed by atoms with Crippen LogP contribution >= 0.6 is 23.1 Å². The average Bonchev–Trinajstić information content (AvgIpc) is 2.75. The van der Waals surface area contributed by atoms with Crippen molar-refractivity contribution >= 4 is 33.3 Å². The summed E-state index contributed by atoms with van der Waals surface area (Å²) in [6, 6.07) is 4.18. The summed E-state index contributed by atoms with van der Waals surface area (Å²) < 4.78 is 1.21. The quantitative estimate of drug-likeness (QED) is 0.854. The fourth-order valence-corrected chi connectivity index (χ4v) is 3.35. The summed E-state index contributed by atoms with van der Waals surface area (Å²) in [5.74, 6) is 0.738. The summed E-state index contributed by atoms with van der Waals surface area (Å²) in [5.41, 5.74) is 1.56. The number of aromatic nitrogens is 1. The minimum atomic E-state index is -0.653. The van der Waals surface area contributed by atoms with Crippen LogP contribution in [0.25, 0.3) is 10.2 Å². The molecule has 2 heterocycles. The summed E-state index contributed by atoms with van der Waals surface area (Å²) in [6.45, 7) is 3.19. The second-order valence-corrected chi connectivity index (χ2v) is 6.49. The molecule has 98 valence electrons. The van der Waals surface area contributed by atoms with Gasteiger partial charge < -0.3 is 10.4 Å². The minimum Gasteiger partial charge on any atom is -0.388 e. The van der Waals surface area contributed by atoms with Crippen LogP contribution in [0, 0.1) is 0 Å². The number of nitrogens with one attached hydrogen (secondary N) is 1. The van der Waals surface area contributed by atoms with Gasteiger partial charge in [0, 0.05) is 25.0 Å². The van der Waals surface area contributed by atoms with E-state index in [0.29, 0.717) is 6.54 Å². The summed E-state index contributed by atoms with van der Waals surface area (Å²) in [6.07, 6.45) is 3.90. The van der Waals surface area contributed by atoms with E-state index < -0.39 is 5.60 Å². The standard InChI is InChI=1S/C13H18N2OS2/c1-13(16,9-17-2)8-14-6-10-5-12-11(15-7-10)3-4-18-12/h3-5,7,14,16H,6,8-9H2,1-2H3. The molecule has 0 fully saturated rings. The molecular formula is C13H18N2OS2. The van der Waals surface area contributed by atoms with Gasteiger partial charge in [0.2, 0.25) is 0 Å². The molecule has 0 bridgehead atoms. The van der Waals surface area contributed by atoms with Crippen molar-refractivity contribution in [1.82, 2.24) is 10.3 Å². The van der Waals surface area contributed by atoms with E-state index in [1.165, 1.54) is 4.70 Å². The van der Waals surface area contributed by atoms with Gasteiger partial charge in [-0.3, -0.25) is 4.98 Å². The largest absolute Gasteiger partial charge is 0.388 e. The molecule has 0 radical (unpaired) electrons. The van der Waals surface area contributed by atoms with Gasteiger partial charge in [0.15, 0.2) is 0 Å². The van der Waals surface area contributed by atoms with E-state index in [1.54, 1.807) is 23.1 Å². The lowest BCUT2D eigenvalue weighted by Crippen LogP contribution is -2.39. The number of thiophene rings is 1. The molecule has 0 aliphatic heterocycles. The number of aliphatic hydroxyl groups is 1. The number of thioether (sulfide) groups is 1. The van der Waals surface area contributed by atoms with Crippen LogP contribution in [0.1, 0.15) is 12.5 Å². The molecule has 0 aliphatic rings. The van der Waals surface area contributed by atoms with E-state index in [2.05, 4.69) is 21.7 Å². The first-order valence-electron chi connectivity index (χ1n) is 5.85. The molecule has 0 aliphatic carbocycles. The van der Waals surface area contributed by atoms with Crippen molar-refractivity contribution in [3.05, 3.63) is 29.3 Å². The van der Waals surface area contributed by atoms with Gasteiger partial charge in [0.25, 0.3) is 0 Å². The molecule has 3 nitrogen and oxygen atoms in total. The Hall–Kier alpha value is -0.620. The second kappa shape index (κ2) is 6.02. The van der Waals surface area contributed by atoms with Crippen LogP contribution in [0.4, 0.5) is 0 Å². The van der Waals surface area contributed by atoms with Crippen LogP contribution < -0.4 is 5.32 Å². The van der Waals surface area contributed by atoms with Crippen molar-refractivity contribution < 1.29 is 5.11 Å². The highest BCUT2D eigenvalue weighted by molar-refractivity contribution is 7.98. The zero-order valence-electron chi connectivity index (χ0n) is 10.6. The van der Waals surface area contributed by atoms with Crippen molar-refractivity contribution in [2.45, 2.75) is 19.1 Å². The Morgan fingerprint density at radius 3 is 3.17 bits per heavy atom. The van der Waals surface area contributed by atoms with Crippen LogP contribution in [0.3, 0.4) is 0 Å².